The molecule has 3 aromatic rings. The number of hydrogen-bond donors (Lipinski definition) is 1. The molecule has 26 heavy (non-hydrogen) atoms. The quantitative estimate of drug-likeness (QED) is 0.756. The first-order valence-electron chi connectivity index (χ1n) is 8.26. The van der Waals surface area contributed by atoms with E-state index in [1.165, 1.54) is 23.0 Å². The van der Waals surface area contributed by atoms with Crippen LogP contribution in [0.2, 0.25) is 0 Å². The number of para-hydroxylation sites is 1. The molecule has 1 aromatic carbocycles. The van der Waals surface area contributed by atoms with E-state index < -0.39 is 16.1 Å². The van der Waals surface area contributed by atoms with Crippen LogP contribution in [0.15, 0.2) is 49.1 Å². The van der Waals surface area contributed by atoms with E-state index >= 15 is 0 Å². The van der Waals surface area contributed by atoms with Crippen LogP contribution >= 0.6 is 0 Å². The number of carbonyl (C=O) groups is 1. The first kappa shape index (κ1) is 16.7. The van der Waals surface area contributed by atoms with Gasteiger partial charge >= 0.3 is 10.2 Å². The maximum atomic E-state index is 13.3. The summed E-state index contributed by atoms with van der Waals surface area (Å²) < 4.78 is 28.6. The highest BCUT2D eigenvalue weighted by molar-refractivity contribution is 7.91. The second kappa shape index (κ2) is 6.50. The van der Waals surface area contributed by atoms with Crippen molar-refractivity contribution in [2.24, 2.45) is 0 Å². The van der Waals surface area contributed by atoms with Crippen molar-refractivity contribution in [2.75, 3.05) is 17.4 Å². The smallest absolute Gasteiger partial charge is 0.311 e. The van der Waals surface area contributed by atoms with Crippen LogP contribution in [0, 0.1) is 0 Å². The molecule has 0 spiro atoms. The molecule has 134 valence electrons. The van der Waals surface area contributed by atoms with Crippen molar-refractivity contribution in [1.82, 2.24) is 19.3 Å². The van der Waals surface area contributed by atoms with E-state index in [1.54, 1.807) is 30.3 Å². The second-order valence-corrected chi connectivity index (χ2v) is 7.78. The van der Waals surface area contributed by atoms with E-state index in [4.69, 9.17) is 0 Å². The van der Waals surface area contributed by atoms with Crippen LogP contribution in [0.5, 0.6) is 0 Å². The third-order valence-electron chi connectivity index (χ3n) is 4.38. The predicted octanol–water partition coefficient (Wildman–Crippen LogP) is 1.95. The molecule has 1 saturated heterocycles. The lowest BCUT2D eigenvalue weighted by molar-refractivity contribution is 0.101. The van der Waals surface area contributed by atoms with Gasteiger partial charge in [0, 0.05) is 30.9 Å². The summed E-state index contributed by atoms with van der Waals surface area (Å²) in [6.45, 7) is 0.825. The highest BCUT2D eigenvalue weighted by Gasteiger charge is 2.37. The molecule has 1 aliphatic heterocycles. The predicted molar refractivity (Wildman–Crippen MR) is 96.9 cm³/mol. The number of amides is 1. The zero-order chi connectivity index (χ0) is 18.1. The van der Waals surface area contributed by atoms with Gasteiger partial charge in [0.2, 0.25) is 0 Å². The Morgan fingerprint density at radius 2 is 1.88 bits per heavy atom. The fourth-order valence-corrected chi connectivity index (χ4v) is 4.75. The summed E-state index contributed by atoms with van der Waals surface area (Å²) in [6, 6.07) is 8.39. The van der Waals surface area contributed by atoms with Crippen LogP contribution < -0.4 is 4.31 Å². The summed E-state index contributed by atoms with van der Waals surface area (Å²) in [6.07, 6.45) is 5.91. The van der Waals surface area contributed by atoms with E-state index in [0.29, 0.717) is 29.8 Å². The summed E-state index contributed by atoms with van der Waals surface area (Å²) in [5, 5.41) is 0.482. The minimum absolute atomic E-state index is 0.215. The number of aromatic nitrogens is 3. The van der Waals surface area contributed by atoms with E-state index in [2.05, 4.69) is 15.0 Å². The first-order chi connectivity index (χ1) is 12.6. The van der Waals surface area contributed by atoms with Crippen LogP contribution in [0.25, 0.3) is 11.0 Å². The summed E-state index contributed by atoms with van der Waals surface area (Å²) >= 11 is 0. The highest BCUT2D eigenvalue weighted by atomic mass is 32.2. The molecule has 1 aliphatic rings. The molecular weight excluding hydrogens is 354 g/mol. The summed E-state index contributed by atoms with van der Waals surface area (Å²) in [7, 11) is -3.99. The van der Waals surface area contributed by atoms with Gasteiger partial charge in [0.05, 0.1) is 11.3 Å². The third kappa shape index (κ3) is 2.74. The molecule has 3 heterocycles. The number of hydrogen-bond acceptors (Lipinski definition) is 5. The lowest BCUT2D eigenvalue weighted by Crippen LogP contribution is -2.46. The normalized spacial score (nSPS) is 15.4. The number of fused-ring (bicyclic) bond motifs is 1. The molecule has 0 aliphatic carbocycles. The van der Waals surface area contributed by atoms with Crippen LogP contribution in [0.4, 0.5) is 5.69 Å². The topological polar surface area (TPSA) is 99.3 Å². The first-order valence-corrected chi connectivity index (χ1v) is 9.65. The van der Waals surface area contributed by atoms with Gasteiger partial charge in [-0.3, -0.25) is 4.79 Å². The molecule has 9 heteroatoms. The van der Waals surface area contributed by atoms with Crippen LogP contribution in [0.3, 0.4) is 0 Å². The number of carbonyl (C=O) groups excluding carboxylic acids is 1. The average molecular weight is 371 g/mol. The van der Waals surface area contributed by atoms with Crippen molar-refractivity contribution >= 4 is 32.8 Å². The average Bonchev–Trinajstić information content (AvgIpc) is 3.33. The molecule has 0 radical (unpaired) electrons. The van der Waals surface area contributed by atoms with Crippen molar-refractivity contribution < 1.29 is 13.2 Å². The summed E-state index contributed by atoms with van der Waals surface area (Å²) in [4.78, 5) is 24.2. The SMILES string of the molecule is O=C(c1c[nH]c2ncncc12)N(c1ccccc1)S(=O)(=O)N1CCCC1. The number of anilines is 1. The van der Waals surface area contributed by atoms with Crippen LogP contribution in [0.1, 0.15) is 23.2 Å². The number of nitrogens with one attached hydrogen (secondary N) is 1. The molecule has 4 rings (SSSR count). The summed E-state index contributed by atoms with van der Waals surface area (Å²) in [5.41, 5.74) is 0.998. The molecule has 1 fully saturated rings. The molecule has 2 aromatic heterocycles. The van der Waals surface area contributed by atoms with Gasteiger partial charge in [-0.1, -0.05) is 18.2 Å². The molecule has 0 bridgehead atoms. The standard InChI is InChI=1S/C17H17N5O3S/c23-17(15-11-19-16-14(15)10-18-12-20-16)22(13-6-2-1-3-7-13)26(24,25)21-8-4-5-9-21/h1-3,6-7,10-12H,4-5,8-9H2,(H,18,19,20). The van der Waals surface area contributed by atoms with Gasteiger partial charge in [0.15, 0.2) is 0 Å². The number of nitrogens with zero attached hydrogens (tertiary/aromatic N) is 4. The maximum Gasteiger partial charge on any atom is 0.311 e. The van der Waals surface area contributed by atoms with Gasteiger partial charge in [-0.15, -0.1) is 0 Å². The van der Waals surface area contributed by atoms with Gasteiger partial charge in [-0.25, -0.2) is 9.97 Å². The van der Waals surface area contributed by atoms with Crippen LogP contribution in [-0.2, 0) is 10.2 Å². The monoisotopic (exact) mass is 371 g/mol. The molecule has 1 N–H and O–H groups in total. The zero-order valence-corrected chi connectivity index (χ0v) is 14.7. The van der Waals surface area contributed by atoms with Gasteiger partial charge < -0.3 is 4.98 Å². The number of aromatic amines is 1. The zero-order valence-electron chi connectivity index (χ0n) is 13.9. The fraction of sp³-hybridized carbons (Fsp3) is 0.235. The van der Waals surface area contributed by atoms with Gasteiger partial charge in [0.1, 0.15) is 12.0 Å². The van der Waals surface area contributed by atoms with Crippen molar-refractivity contribution in [2.45, 2.75) is 12.8 Å². The van der Waals surface area contributed by atoms with E-state index in [-0.39, 0.29) is 5.56 Å². The van der Waals surface area contributed by atoms with Gasteiger partial charge in [0.25, 0.3) is 5.91 Å². The maximum absolute atomic E-state index is 13.3. The Kier molecular flexibility index (Phi) is 4.17. The Balaban J connectivity index is 1.84. The van der Waals surface area contributed by atoms with Gasteiger partial charge in [-0.2, -0.15) is 17.0 Å². The number of H-pyrrole nitrogens is 1. The largest absolute Gasteiger partial charge is 0.345 e. The Bertz CT molecular complexity index is 1040. The minimum atomic E-state index is -3.99. The Hall–Kier alpha value is -2.78. The second-order valence-electron chi connectivity index (χ2n) is 6.01. The molecule has 8 nitrogen and oxygen atoms in total. The fourth-order valence-electron chi connectivity index (χ4n) is 3.10. The highest BCUT2D eigenvalue weighted by Crippen LogP contribution is 2.27. The van der Waals surface area contributed by atoms with E-state index in [0.717, 1.165) is 17.1 Å². The lowest BCUT2D eigenvalue weighted by atomic mass is 10.2. The third-order valence-corrected chi connectivity index (χ3v) is 6.24. The molecule has 0 unspecified atom stereocenters. The van der Waals surface area contributed by atoms with Crippen molar-refractivity contribution in [3.63, 3.8) is 0 Å². The molecular formula is C17H17N5O3S. The molecule has 0 atom stereocenters. The van der Waals surface area contributed by atoms with Crippen molar-refractivity contribution in [3.8, 4) is 0 Å². The summed E-state index contributed by atoms with van der Waals surface area (Å²) in [5.74, 6) is -0.635. The van der Waals surface area contributed by atoms with E-state index in [9.17, 15) is 13.2 Å². The lowest BCUT2D eigenvalue weighted by Gasteiger charge is -2.27. The Morgan fingerprint density at radius 1 is 1.15 bits per heavy atom. The minimum Gasteiger partial charge on any atom is -0.345 e. The Morgan fingerprint density at radius 3 is 2.62 bits per heavy atom. The molecule has 1 amide bonds. The molecule has 0 saturated carbocycles. The number of benzene rings is 1. The van der Waals surface area contributed by atoms with Crippen molar-refractivity contribution in [3.05, 3.63) is 54.6 Å². The van der Waals surface area contributed by atoms with Crippen LogP contribution in [-0.4, -0.2) is 46.7 Å². The van der Waals surface area contributed by atoms with E-state index in [1.807, 2.05) is 0 Å². The van der Waals surface area contributed by atoms with Gasteiger partial charge in [-0.05, 0) is 25.0 Å². The Labute approximate surface area is 150 Å². The van der Waals surface area contributed by atoms with Crippen molar-refractivity contribution in [1.29, 1.82) is 0 Å². The number of rotatable bonds is 4.